The number of rotatable bonds is 5. The van der Waals surface area contributed by atoms with Crippen molar-refractivity contribution < 1.29 is 0 Å². The molecule has 1 fully saturated rings. The Balaban J connectivity index is 2.02. The molecule has 1 unspecified atom stereocenters. The number of hydrogen-bond acceptors (Lipinski definition) is 4. The highest BCUT2D eigenvalue weighted by molar-refractivity contribution is 5.18. The van der Waals surface area contributed by atoms with Crippen LogP contribution in [-0.4, -0.2) is 54.1 Å². The predicted octanol–water partition coefficient (Wildman–Crippen LogP) is 1.81. The van der Waals surface area contributed by atoms with Gasteiger partial charge in [0.25, 0.3) is 0 Å². The Morgan fingerprint density at radius 1 is 1.40 bits per heavy atom. The molecule has 1 aromatic rings. The number of aromatic nitrogens is 1. The van der Waals surface area contributed by atoms with Gasteiger partial charge in [0.1, 0.15) is 0 Å². The predicted molar refractivity (Wildman–Crippen MR) is 83.7 cm³/mol. The van der Waals surface area contributed by atoms with Gasteiger partial charge in [-0.1, -0.05) is 13.0 Å². The Hall–Kier alpha value is -0.970. The molecular formula is C16H28N4. The van der Waals surface area contributed by atoms with Gasteiger partial charge in [-0.3, -0.25) is 9.88 Å². The first-order valence-electron chi connectivity index (χ1n) is 7.72. The molecule has 0 aliphatic carbocycles. The van der Waals surface area contributed by atoms with E-state index in [0.717, 1.165) is 5.69 Å². The van der Waals surface area contributed by atoms with Crippen molar-refractivity contribution in [1.29, 1.82) is 0 Å². The standard InChI is InChI=1S/C16H28N4/c1-4-20-9-7-15(8-10-20)19(3)16(11-17)14-6-5-13(2)18-12-14/h5-6,12,15-16H,4,7-11,17H2,1-3H3. The Morgan fingerprint density at radius 3 is 2.60 bits per heavy atom. The first-order valence-corrected chi connectivity index (χ1v) is 7.72. The number of nitrogens with zero attached hydrogens (tertiary/aromatic N) is 3. The second-order valence-corrected chi connectivity index (χ2v) is 5.82. The summed E-state index contributed by atoms with van der Waals surface area (Å²) < 4.78 is 0. The third-order valence-corrected chi connectivity index (χ3v) is 4.61. The fraction of sp³-hybridized carbons (Fsp3) is 0.688. The van der Waals surface area contributed by atoms with Crippen molar-refractivity contribution in [3.05, 3.63) is 29.6 Å². The Labute approximate surface area is 123 Å². The van der Waals surface area contributed by atoms with Crippen molar-refractivity contribution in [2.75, 3.05) is 33.2 Å². The third-order valence-electron chi connectivity index (χ3n) is 4.61. The van der Waals surface area contributed by atoms with Gasteiger partial charge in [0.05, 0.1) is 0 Å². The maximum atomic E-state index is 6.02. The summed E-state index contributed by atoms with van der Waals surface area (Å²) in [5.41, 5.74) is 8.32. The minimum atomic E-state index is 0.279. The second-order valence-electron chi connectivity index (χ2n) is 5.82. The molecule has 0 spiro atoms. The van der Waals surface area contributed by atoms with Crippen LogP contribution in [0.3, 0.4) is 0 Å². The van der Waals surface area contributed by atoms with Crippen LogP contribution in [0.1, 0.15) is 37.1 Å². The molecular weight excluding hydrogens is 248 g/mol. The molecule has 1 aliphatic heterocycles. The zero-order chi connectivity index (χ0) is 14.5. The smallest absolute Gasteiger partial charge is 0.0485 e. The molecule has 112 valence electrons. The lowest BCUT2D eigenvalue weighted by atomic mass is 9.99. The highest BCUT2D eigenvalue weighted by Crippen LogP contribution is 2.25. The third kappa shape index (κ3) is 3.57. The SMILES string of the molecule is CCN1CCC(N(C)C(CN)c2ccc(C)nc2)CC1. The average molecular weight is 276 g/mol. The molecule has 1 saturated heterocycles. The number of aryl methyl sites for hydroxylation is 1. The summed E-state index contributed by atoms with van der Waals surface area (Å²) in [5.74, 6) is 0. The van der Waals surface area contributed by atoms with Crippen LogP contribution >= 0.6 is 0 Å². The van der Waals surface area contributed by atoms with Crippen LogP contribution in [0, 0.1) is 6.92 Å². The topological polar surface area (TPSA) is 45.4 Å². The number of hydrogen-bond donors (Lipinski definition) is 1. The fourth-order valence-electron chi connectivity index (χ4n) is 3.11. The first kappa shape index (κ1) is 15.4. The van der Waals surface area contributed by atoms with E-state index >= 15 is 0 Å². The van der Waals surface area contributed by atoms with Crippen molar-refractivity contribution in [3.8, 4) is 0 Å². The van der Waals surface area contributed by atoms with Crippen LogP contribution in [0.4, 0.5) is 0 Å². The maximum absolute atomic E-state index is 6.02. The molecule has 4 heteroatoms. The minimum Gasteiger partial charge on any atom is -0.329 e. The van der Waals surface area contributed by atoms with Crippen LogP contribution in [0.25, 0.3) is 0 Å². The monoisotopic (exact) mass is 276 g/mol. The zero-order valence-corrected chi connectivity index (χ0v) is 13.0. The van der Waals surface area contributed by atoms with Crippen LogP contribution in [0.15, 0.2) is 18.3 Å². The van der Waals surface area contributed by atoms with Crippen molar-refractivity contribution in [2.24, 2.45) is 5.73 Å². The summed E-state index contributed by atoms with van der Waals surface area (Å²) in [4.78, 5) is 9.39. The van der Waals surface area contributed by atoms with E-state index in [2.05, 4.69) is 40.9 Å². The van der Waals surface area contributed by atoms with Crippen molar-refractivity contribution in [1.82, 2.24) is 14.8 Å². The normalized spacial score (nSPS) is 19.4. The molecule has 0 radical (unpaired) electrons. The van der Waals surface area contributed by atoms with Crippen LogP contribution in [-0.2, 0) is 0 Å². The first-order chi connectivity index (χ1) is 9.65. The van der Waals surface area contributed by atoms with E-state index in [-0.39, 0.29) is 6.04 Å². The summed E-state index contributed by atoms with van der Waals surface area (Å²) in [6, 6.07) is 5.15. The van der Waals surface area contributed by atoms with E-state index in [1.807, 2.05) is 13.1 Å². The van der Waals surface area contributed by atoms with Gasteiger partial charge in [0, 0.05) is 30.5 Å². The van der Waals surface area contributed by atoms with E-state index in [1.54, 1.807) is 0 Å². The molecule has 1 aromatic heterocycles. The highest BCUT2D eigenvalue weighted by atomic mass is 15.2. The lowest BCUT2D eigenvalue weighted by Gasteiger charge is -2.40. The summed E-state index contributed by atoms with van der Waals surface area (Å²) in [7, 11) is 2.21. The molecule has 2 N–H and O–H groups in total. The van der Waals surface area contributed by atoms with Crippen LogP contribution < -0.4 is 5.73 Å². The summed E-state index contributed by atoms with van der Waals surface area (Å²) >= 11 is 0. The van der Waals surface area contributed by atoms with Crippen LogP contribution in [0.5, 0.6) is 0 Å². The maximum Gasteiger partial charge on any atom is 0.0485 e. The largest absolute Gasteiger partial charge is 0.329 e. The van der Waals surface area contributed by atoms with Crippen molar-refractivity contribution in [2.45, 2.75) is 38.8 Å². The van der Waals surface area contributed by atoms with Gasteiger partial charge in [-0.25, -0.2) is 0 Å². The van der Waals surface area contributed by atoms with E-state index in [4.69, 9.17) is 5.73 Å². The Kier molecular flexibility index (Phi) is 5.52. The van der Waals surface area contributed by atoms with E-state index in [9.17, 15) is 0 Å². The summed E-state index contributed by atoms with van der Waals surface area (Å²) in [6.45, 7) is 8.48. The molecule has 1 aliphatic rings. The van der Waals surface area contributed by atoms with Gasteiger partial charge in [0.2, 0.25) is 0 Å². The molecule has 0 bridgehead atoms. The number of likely N-dealkylation sites (N-methyl/N-ethyl adjacent to an activating group) is 1. The molecule has 0 amide bonds. The van der Waals surface area contributed by atoms with E-state index < -0.39 is 0 Å². The molecule has 0 saturated carbocycles. The number of nitrogens with two attached hydrogens (primary N) is 1. The highest BCUT2D eigenvalue weighted by Gasteiger charge is 2.26. The van der Waals surface area contributed by atoms with Gasteiger partial charge >= 0.3 is 0 Å². The van der Waals surface area contributed by atoms with Crippen molar-refractivity contribution in [3.63, 3.8) is 0 Å². The minimum absolute atomic E-state index is 0.279. The molecule has 4 nitrogen and oxygen atoms in total. The van der Waals surface area contributed by atoms with Gasteiger partial charge < -0.3 is 10.6 Å². The Morgan fingerprint density at radius 2 is 2.10 bits per heavy atom. The van der Waals surface area contributed by atoms with Crippen LogP contribution in [0.2, 0.25) is 0 Å². The summed E-state index contributed by atoms with van der Waals surface area (Å²) in [6.07, 6.45) is 4.45. The number of piperidine rings is 1. The average Bonchev–Trinajstić information content (AvgIpc) is 2.50. The summed E-state index contributed by atoms with van der Waals surface area (Å²) in [5, 5.41) is 0. The molecule has 0 aromatic carbocycles. The fourth-order valence-corrected chi connectivity index (χ4v) is 3.11. The quantitative estimate of drug-likeness (QED) is 0.891. The van der Waals surface area contributed by atoms with E-state index in [0.29, 0.717) is 12.6 Å². The van der Waals surface area contributed by atoms with Gasteiger partial charge in [-0.05, 0) is 58.1 Å². The lowest BCUT2D eigenvalue weighted by molar-refractivity contribution is 0.101. The van der Waals surface area contributed by atoms with Crippen molar-refractivity contribution >= 4 is 0 Å². The number of likely N-dealkylation sites (tertiary alicyclic amines) is 1. The molecule has 20 heavy (non-hydrogen) atoms. The molecule has 1 atom stereocenters. The van der Waals surface area contributed by atoms with Gasteiger partial charge in [-0.2, -0.15) is 0 Å². The van der Waals surface area contributed by atoms with Gasteiger partial charge in [0.15, 0.2) is 0 Å². The molecule has 2 heterocycles. The number of pyridine rings is 1. The molecule has 2 rings (SSSR count). The van der Waals surface area contributed by atoms with Gasteiger partial charge in [-0.15, -0.1) is 0 Å². The zero-order valence-electron chi connectivity index (χ0n) is 13.0. The lowest BCUT2D eigenvalue weighted by Crippen LogP contribution is -2.45. The van der Waals surface area contributed by atoms with E-state index in [1.165, 1.54) is 38.0 Å². The Bertz CT molecular complexity index is 395. The second kappa shape index (κ2) is 7.16.